The van der Waals surface area contributed by atoms with Gasteiger partial charge in [0.2, 0.25) is 0 Å². The third-order valence-corrected chi connectivity index (χ3v) is 3.13. The predicted molar refractivity (Wildman–Crippen MR) is 75.6 cm³/mol. The van der Waals surface area contributed by atoms with Crippen molar-refractivity contribution in [3.63, 3.8) is 0 Å². The van der Waals surface area contributed by atoms with E-state index in [0.29, 0.717) is 0 Å². The van der Waals surface area contributed by atoms with Gasteiger partial charge >= 0.3 is 0 Å². The van der Waals surface area contributed by atoms with Crippen LogP contribution in [0, 0.1) is 0 Å². The fourth-order valence-electron chi connectivity index (χ4n) is 1.84. The van der Waals surface area contributed by atoms with Crippen LogP contribution in [0.15, 0.2) is 30.5 Å². The van der Waals surface area contributed by atoms with E-state index in [1.807, 2.05) is 30.5 Å². The van der Waals surface area contributed by atoms with Gasteiger partial charge in [-0.05, 0) is 30.7 Å². The highest BCUT2D eigenvalue weighted by atomic mass is 35.5. The maximum absolute atomic E-state index is 5.89. The number of hydrogen-bond acceptors (Lipinski definition) is 2. The summed E-state index contributed by atoms with van der Waals surface area (Å²) in [5, 5.41) is 11.3. The molecule has 0 aliphatic heterocycles. The number of aromatic nitrogens is 2. The summed E-state index contributed by atoms with van der Waals surface area (Å²) in [7, 11) is 0. The quantitative estimate of drug-likeness (QED) is 0.782. The van der Waals surface area contributed by atoms with Crippen molar-refractivity contribution in [1.29, 1.82) is 0 Å². The highest BCUT2D eigenvalue weighted by molar-refractivity contribution is 6.30. The summed E-state index contributed by atoms with van der Waals surface area (Å²) in [5.74, 6) is 0. The molecule has 2 rings (SSSR count). The Bertz CT molecular complexity index is 476. The van der Waals surface area contributed by atoms with Crippen LogP contribution in [-0.4, -0.2) is 16.7 Å². The number of hydrogen-bond donors (Lipinski definition) is 2. The monoisotopic (exact) mass is 263 g/mol. The summed E-state index contributed by atoms with van der Waals surface area (Å²) < 4.78 is 0. The fraction of sp³-hybridized carbons (Fsp3) is 0.357. The molecule has 2 N–H and O–H groups in total. The van der Waals surface area contributed by atoms with Gasteiger partial charge in [-0.2, -0.15) is 5.10 Å². The van der Waals surface area contributed by atoms with Gasteiger partial charge in [-0.25, -0.2) is 0 Å². The van der Waals surface area contributed by atoms with E-state index >= 15 is 0 Å². The van der Waals surface area contributed by atoms with Gasteiger partial charge in [-0.3, -0.25) is 5.10 Å². The summed E-state index contributed by atoms with van der Waals surface area (Å²) in [6, 6.07) is 7.80. The maximum atomic E-state index is 5.89. The number of aromatic amines is 1. The molecule has 0 fully saturated rings. The largest absolute Gasteiger partial charge is 0.313 e. The molecule has 0 unspecified atom stereocenters. The number of unbranched alkanes of at least 4 members (excludes halogenated alkanes) is 1. The van der Waals surface area contributed by atoms with E-state index in [-0.39, 0.29) is 0 Å². The van der Waals surface area contributed by atoms with Crippen LogP contribution < -0.4 is 5.32 Å². The summed E-state index contributed by atoms with van der Waals surface area (Å²) >= 11 is 5.89. The molecule has 0 amide bonds. The summed E-state index contributed by atoms with van der Waals surface area (Å²) in [6.07, 6.45) is 4.29. The Labute approximate surface area is 113 Å². The summed E-state index contributed by atoms with van der Waals surface area (Å²) in [4.78, 5) is 0. The summed E-state index contributed by atoms with van der Waals surface area (Å²) in [5.41, 5.74) is 3.37. The Morgan fingerprint density at radius 3 is 2.78 bits per heavy atom. The van der Waals surface area contributed by atoms with Crippen LogP contribution >= 0.6 is 11.6 Å². The molecule has 1 heterocycles. The number of nitrogens with one attached hydrogen (secondary N) is 2. The van der Waals surface area contributed by atoms with E-state index in [2.05, 4.69) is 22.4 Å². The van der Waals surface area contributed by atoms with E-state index in [0.717, 1.165) is 29.4 Å². The van der Waals surface area contributed by atoms with Gasteiger partial charge in [0.05, 0.1) is 11.9 Å². The van der Waals surface area contributed by atoms with Crippen molar-refractivity contribution in [3.05, 3.63) is 41.0 Å². The molecular formula is C14H18ClN3. The van der Waals surface area contributed by atoms with Crippen LogP contribution in [0.2, 0.25) is 5.02 Å². The van der Waals surface area contributed by atoms with Crippen molar-refractivity contribution in [1.82, 2.24) is 15.5 Å². The molecular weight excluding hydrogens is 246 g/mol. The van der Waals surface area contributed by atoms with E-state index in [4.69, 9.17) is 11.6 Å². The highest BCUT2D eigenvalue weighted by Crippen LogP contribution is 2.22. The van der Waals surface area contributed by atoms with Crippen LogP contribution in [0.25, 0.3) is 11.3 Å². The van der Waals surface area contributed by atoms with Crippen LogP contribution in [0.3, 0.4) is 0 Å². The molecule has 1 aromatic carbocycles. The number of rotatable bonds is 6. The van der Waals surface area contributed by atoms with Gasteiger partial charge in [0.1, 0.15) is 0 Å². The molecule has 2 aromatic rings. The summed E-state index contributed by atoms with van der Waals surface area (Å²) in [6.45, 7) is 4.08. The molecule has 0 aliphatic carbocycles. The zero-order valence-corrected chi connectivity index (χ0v) is 11.3. The number of halogens is 1. The van der Waals surface area contributed by atoms with Crippen molar-refractivity contribution in [2.24, 2.45) is 0 Å². The zero-order valence-electron chi connectivity index (χ0n) is 10.5. The third kappa shape index (κ3) is 3.34. The van der Waals surface area contributed by atoms with Crippen LogP contribution in [0.1, 0.15) is 25.3 Å². The Kier molecular flexibility index (Phi) is 4.79. The lowest BCUT2D eigenvalue weighted by atomic mass is 10.1. The van der Waals surface area contributed by atoms with Crippen molar-refractivity contribution < 1.29 is 0 Å². The van der Waals surface area contributed by atoms with Gasteiger partial charge in [-0.15, -0.1) is 0 Å². The van der Waals surface area contributed by atoms with Crippen LogP contribution in [-0.2, 0) is 6.54 Å². The second-order valence-electron chi connectivity index (χ2n) is 4.31. The topological polar surface area (TPSA) is 40.7 Å². The van der Waals surface area contributed by atoms with Gasteiger partial charge in [0.15, 0.2) is 0 Å². The van der Waals surface area contributed by atoms with Crippen molar-refractivity contribution in [2.75, 3.05) is 6.54 Å². The van der Waals surface area contributed by atoms with Gasteiger partial charge in [-0.1, -0.05) is 37.1 Å². The Balaban J connectivity index is 2.05. The van der Waals surface area contributed by atoms with Gasteiger partial charge in [0, 0.05) is 17.1 Å². The van der Waals surface area contributed by atoms with Gasteiger partial charge < -0.3 is 5.32 Å². The molecule has 0 saturated carbocycles. The molecule has 0 saturated heterocycles. The first-order valence-electron chi connectivity index (χ1n) is 6.30. The average Bonchev–Trinajstić information content (AvgIpc) is 2.84. The Morgan fingerprint density at radius 2 is 2.06 bits per heavy atom. The van der Waals surface area contributed by atoms with E-state index in [9.17, 15) is 0 Å². The molecule has 96 valence electrons. The second kappa shape index (κ2) is 6.57. The Morgan fingerprint density at radius 1 is 1.28 bits per heavy atom. The van der Waals surface area contributed by atoms with E-state index in [1.54, 1.807) is 0 Å². The van der Waals surface area contributed by atoms with Crippen LogP contribution in [0.5, 0.6) is 0 Å². The Hall–Kier alpha value is -1.32. The van der Waals surface area contributed by atoms with E-state index in [1.165, 1.54) is 18.4 Å². The van der Waals surface area contributed by atoms with Crippen molar-refractivity contribution in [2.45, 2.75) is 26.3 Å². The minimum atomic E-state index is 0.751. The maximum Gasteiger partial charge on any atom is 0.0695 e. The molecule has 0 atom stereocenters. The minimum Gasteiger partial charge on any atom is -0.313 e. The lowest BCUT2D eigenvalue weighted by Crippen LogP contribution is -2.14. The molecule has 0 radical (unpaired) electrons. The standard InChI is InChI=1S/C14H18ClN3/c1-2-3-8-16-9-12-10-17-18-14(12)11-4-6-13(15)7-5-11/h4-7,10,16H,2-3,8-9H2,1H3,(H,17,18). The molecule has 0 spiro atoms. The molecule has 0 bridgehead atoms. The minimum absolute atomic E-state index is 0.751. The normalized spacial score (nSPS) is 10.8. The number of nitrogens with zero attached hydrogens (tertiary/aromatic N) is 1. The number of H-pyrrole nitrogens is 1. The number of benzene rings is 1. The molecule has 0 aliphatic rings. The molecule has 18 heavy (non-hydrogen) atoms. The lowest BCUT2D eigenvalue weighted by molar-refractivity contribution is 0.642. The highest BCUT2D eigenvalue weighted by Gasteiger charge is 2.06. The van der Waals surface area contributed by atoms with Crippen molar-refractivity contribution >= 4 is 11.6 Å². The predicted octanol–water partition coefficient (Wildman–Crippen LogP) is 3.62. The first-order valence-corrected chi connectivity index (χ1v) is 6.68. The first kappa shape index (κ1) is 13.1. The third-order valence-electron chi connectivity index (χ3n) is 2.87. The van der Waals surface area contributed by atoms with Crippen molar-refractivity contribution in [3.8, 4) is 11.3 Å². The smallest absolute Gasteiger partial charge is 0.0695 e. The zero-order chi connectivity index (χ0) is 12.8. The van der Waals surface area contributed by atoms with Gasteiger partial charge in [0.25, 0.3) is 0 Å². The molecule has 4 heteroatoms. The van der Waals surface area contributed by atoms with Crippen LogP contribution in [0.4, 0.5) is 0 Å². The lowest BCUT2D eigenvalue weighted by Gasteiger charge is -2.05. The van der Waals surface area contributed by atoms with E-state index < -0.39 is 0 Å². The molecule has 3 nitrogen and oxygen atoms in total. The molecule has 1 aromatic heterocycles. The average molecular weight is 264 g/mol. The first-order chi connectivity index (χ1) is 8.81. The second-order valence-corrected chi connectivity index (χ2v) is 4.74. The fourth-order valence-corrected chi connectivity index (χ4v) is 1.96. The SMILES string of the molecule is CCCCNCc1cn[nH]c1-c1ccc(Cl)cc1.